The van der Waals surface area contributed by atoms with Crippen LogP contribution in [-0.2, 0) is 6.42 Å². The Hall–Kier alpha value is -2.14. The Balaban J connectivity index is 2.12. The van der Waals surface area contributed by atoms with Gasteiger partial charge in [0, 0.05) is 23.1 Å². The van der Waals surface area contributed by atoms with Crippen LogP contribution in [0.2, 0.25) is 0 Å². The monoisotopic (exact) mass is 305 g/mol. The molecule has 5 heteroatoms. The normalized spacial score (nSPS) is 16.3. The van der Waals surface area contributed by atoms with Gasteiger partial charge in [-0.3, -0.25) is 0 Å². The summed E-state index contributed by atoms with van der Waals surface area (Å²) in [5, 5.41) is 0. The lowest BCUT2D eigenvalue weighted by Gasteiger charge is -2.13. The number of halogens is 2. The molecule has 0 spiro atoms. The fraction of sp³-hybridized carbons (Fsp3) is 0.294. The topological polar surface area (TPSA) is 44.5 Å². The number of nitrogens with two attached hydrogens (primary N) is 1. The average molecular weight is 305 g/mol. The zero-order valence-electron chi connectivity index (χ0n) is 12.2. The molecular formula is C17H17F2NO2. The second kappa shape index (κ2) is 5.93. The van der Waals surface area contributed by atoms with Gasteiger partial charge in [0.15, 0.2) is 0 Å². The molecule has 0 aromatic heterocycles. The molecule has 0 saturated heterocycles. The molecule has 1 heterocycles. The van der Waals surface area contributed by atoms with E-state index in [1.807, 2.05) is 6.07 Å². The molecule has 0 bridgehead atoms. The molecule has 1 aliphatic rings. The number of benzene rings is 2. The number of hydrogen-bond donors (Lipinski definition) is 1. The summed E-state index contributed by atoms with van der Waals surface area (Å²) in [4.78, 5) is 0. The summed E-state index contributed by atoms with van der Waals surface area (Å²) in [6.07, 6.45) is 1.36. The van der Waals surface area contributed by atoms with E-state index in [0.29, 0.717) is 36.4 Å². The summed E-state index contributed by atoms with van der Waals surface area (Å²) in [7, 11) is 1.54. The van der Waals surface area contributed by atoms with E-state index < -0.39 is 11.6 Å². The minimum Gasteiger partial charge on any atom is -0.497 e. The zero-order valence-corrected chi connectivity index (χ0v) is 12.2. The zero-order chi connectivity index (χ0) is 15.7. The van der Waals surface area contributed by atoms with Crippen LogP contribution in [0.15, 0.2) is 30.3 Å². The van der Waals surface area contributed by atoms with Crippen LogP contribution in [0, 0.1) is 11.6 Å². The fourth-order valence-corrected chi connectivity index (χ4v) is 2.77. The van der Waals surface area contributed by atoms with Crippen LogP contribution in [0.25, 0.3) is 11.1 Å². The first-order chi connectivity index (χ1) is 10.6. The first kappa shape index (κ1) is 14.8. The molecule has 2 aromatic rings. The fourth-order valence-electron chi connectivity index (χ4n) is 2.77. The highest BCUT2D eigenvalue weighted by atomic mass is 19.1. The Bertz CT molecular complexity index is 703. The van der Waals surface area contributed by atoms with Crippen LogP contribution in [0.5, 0.6) is 11.5 Å². The Morgan fingerprint density at radius 3 is 2.77 bits per heavy atom. The van der Waals surface area contributed by atoms with Crippen molar-refractivity contribution in [3.63, 3.8) is 0 Å². The lowest BCUT2D eigenvalue weighted by Crippen LogP contribution is -2.17. The van der Waals surface area contributed by atoms with Crippen LogP contribution in [0.4, 0.5) is 8.78 Å². The van der Waals surface area contributed by atoms with Gasteiger partial charge in [0.2, 0.25) is 0 Å². The van der Waals surface area contributed by atoms with Crippen molar-refractivity contribution in [3.8, 4) is 22.6 Å². The molecule has 1 aliphatic heterocycles. The third kappa shape index (κ3) is 2.64. The third-order valence-electron chi connectivity index (χ3n) is 3.81. The molecule has 3 rings (SSSR count). The van der Waals surface area contributed by atoms with Crippen LogP contribution >= 0.6 is 0 Å². The Morgan fingerprint density at radius 2 is 2.05 bits per heavy atom. The van der Waals surface area contributed by atoms with Gasteiger partial charge < -0.3 is 15.2 Å². The second-order valence-electron chi connectivity index (χ2n) is 5.31. The number of ether oxygens (including phenoxy) is 2. The molecule has 22 heavy (non-hydrogen) atoms. The van der Waals surface area contributed by atoms with E-state index in [1.54, 1.807) is 13.2 Å². The molecule has 0 saturated carbocycles. The number of hydrogen-bond acceptors (Lipinski definition) is 3. The van der Waals surface area contributed by atoms with Crippen LogP contribution in [-0.4, -0.2) is 19.8 Å². The van der Waals surface area contributed by atoms with Crippen molar-refractivity contribution in [1.29, 1.82) is 0 Å². The van der Waals surface area contributed by atoms with Gasteiger partial charge >= 0.3 is 0 Å². The maximum Gasteiger partial charge on any atom is 0.131 e. The van der Waals surface area contributed by atoms with E-state index in [-0.39, 0.29) is 11.7 Å². The highest BCUT2D eigenvalue weighted by molar-refractivity contribution is 5.75. The first-order valence-corrected chi connectivity index (χ1v) is 7.15. The van der Waals surface area contributed by atoms with Crippen LogP contribution in [0.1, 0.15) is 12.0 Å². The molecule has 0 fully saturated rings. The van der Waals surface area contributed by atoms with E-state index in [9.17, 15) is 8.78 Å². The Kier molecular flexibility index (Phi) is 3.98. The minimum absolute atomic E-state index is 0.0394. The van der Waals surface area contributed by atoms with Crippen molar-refractivity contribution in [2.75, 3.05) is 13.7 Å². The number of fused-ring (bicyclic) bond motifs is 1. The molecule has 0 aliphatic carbocycles. The van der Waals surface area contributed by atoms with Gasteiger partial charge in [-0.1, -0.05) is 0 Å². The van der Waals surface area contributed by atoms with Gasteiger partial charge in [-0.15, -0.1) is 0 Å². The van der Waals surface area contributed by atoms with Crippen molar-refractivity contribution >= 4 is 0 Å². The van der Waals surface area contributed by atoms with E-state index in [0.717, 1.165) is 17.7 Å². The average Bonchev–Trinajstić information content (AvgIpc) is 2.91. The lowest BCUT2D eigenvalue weighted by molar-refractivity contribution is 0.225. The highest BCUT2D eigenvalue weighted by Crippen LogP contribution is 2.43. The Labute approximate surface area is 127 Å². The van der Waals surface area contributed by atoms with Gasteiger partial charge in [-0.2, -0.15) is 0 Å². The molecular weight excluding hydrogens is 288 g/mol. The van der Waals surface area contributed by atoms with E-state index in [2.05, 4.69) is 0 Å². The van der Waals surface area contributed by atoms with Crippen LogP contribution in [0.3, 0.4) is 0 Å². The standard InChI is InChI=1S/C17H17F2NO2/c1-21-13-7-10-6-12(4-5-20)22-17(10)15(9-13)14-8-11(18)2-3-16(14)19/h2-3,7-9,12H,4-6,20H2,1H3. The smallest absolute Gasteiger partial charge is 0.131 e. The van der Waals surface area contributed by atoms with Crippen molar-refractivity contribution < 1.29 is 18.3 Å². The van der Waals surface area contributed by atoms with Crippen molar-refractivity contribution in [2.24, 2.45) is 5.73 Å². The van der Waals surface area contributed by atoms with E-state index >= 15 is 0 Å². The molecule has 0 amide bonds. The minimum atomic E-state index is -0.497. The van der Waals surface area contributed by atoms with Gasteiger partial charge in [-0.05, 0) is 43.3 Å². The molecule has 116 valence electrons. The van der Waals surface area contributed by atoms with E-state index in [1.165, 1.54) is 6.07 Å². The molecule has 1 atom stereocenters. The molecule has 0 radical (unpaired) electrons. The summed E-state index contributed by atoms with van der Waals surface area (Å²) in [6, 6.07) is 6.91. The van der Waals surface area contributed by atoms with Crippen molar-refractivity contribution in [2.45, 2.75) is 18.9 Å². The third-order valence-corrected chi connectivity index (χ3v) is 3.81. The highest BCUT2D eigenvalue weighted by Gasteiger charge is 2.27. The lowest BCUT2D eigenvalue weighted by atomic mass is 9.99. The Morgan fingerprint density at radius 1 is 1.23 bits per heavy atom. The summed E-state index contributed by atoms with van der Waals surface area (Å²) >= 11 is 0. The summed E-state index contributed by atoms with van der Waals surface area (Å²) < 4.78 is 38.8. The SMILES string of the molecule is COc1cc2c(c(-c3cc(F)ccc3F)c1)OC(CCN)C2. The largest absolute Gasteiger partial charge is 0.497 e. The summed E-state index contributed by atoms with van der Waals surface area (Å²) in [5.74, 6) is 0.186. The summed E-state index contributed by atoms with van der Waals surface area (Å²) in [5.41, 5.74) is 7.18. The maximum atomic E-state index is 14.1. The predicted octanol–water partition coefficient (Wildman–Crippen LogP) is 3.29. The predicted molar refractivity (Wildman–Crippen MR) is 80.1 cm³/mol. The molecule has 2 aromatic carbocycles. The van der Waals surface area contributed by atoms with Gasteiger partial charge in [-0.25, -0.2) is 8.78 Å². The quantitative estimate of drug-likeness (QED) is 0.942. The van der Waals surface area contributed by atoms with Gasteiger partial charge in [0.1, 0.15) is 29.2 Å². The first-order valence-electron chi connectivity index (χ1n) is 7.15. The van der Waals surface area contributed by atoms with Gasteiger partial charge in [0.05, 0.1) is 7.11 Å². The van der Waals surface area contributed by atoms with Crippen LogP contribution < -0.4 is 15.2 Å². The van der Waals surface area contributed by atoms with Gasteiger partial charge in [0.25, 0.3) is 0 Å². The molecule has 3 nitrogen and oxygen atoms in total. The van der Waals surface area contributed by atoms with Crippen molar-refractivity contribution in [1.82, 2.24) is 0 Å². The summed E-state index contributed by atoms with van der Waals surface area (Å²) in [6.45, 7) is 0.513. The maximum absolute atomic E-state index is 14.1. The second-order valence-corrected chi connectivity index (χ2v) is 5.31. The molecule has 2 N–H and O–H groups in total. The number of rotatable bonds is 4. The number of methoxy groups -OCH3 is 1. The molecule has 1 unspecified atom stereocenters. The van der Waals surface area contributed by atoms with E-state index in [4.69, 9.17) is 15.2 Å². The van der Waals surface area contributed by atoms with Crippen molar-refractivity contribution in [3.05, 3.63) is 47.5 Å².